The topological polar surface area (TPSA) is 48.9 Å². The molecule has 0 aliphatic carbocycles. The van der Waals surface area contributed by atoms with Gasteiger partial charge in [0.05, 0.1) is 6.54 Å². The summed E-state index contributed by atoms with van der Waals surface area (Å²) >= 11 is 0. The number of aromatic nitrogens is 1. The van der Waals surface area contributed by atoms with Crippen LogP contribution in [0.4, 0.5) is 5.82 Å². The summed E-state index contributed by atoms with van der Waals surface area (Å²) in [4.78, 5) is 24.5. The normalized spacial score (nSPS) is 20.7. The van der Waals surface area contributed by atoms with E-state index in [1.807, 2.05) is 41.3 Å². The summed E-state index contributed by atoms with van der Waals surface area (Å²) in [6.45, 7) is 7.46. The number of carbonyl (C=O) groups excluding carboxylic acids is 1. The molecule has 0 N–H and O–H groups in total. The van der Waals surface area contributed by atoms with E-state index in [4.69, 9.17) is 9.72 Å². The second-order valence-electron chi connectivity index (χ2n) is 8.47. The molecule has 0 saturated carbocycles. The van der Waals surface area contributed by atoms with Crippen LogP contribution < -0.4 is 9.64 Å². The molecule has 6 heteroatoms. The molecule has 3 heterocycles. The maximum Gasteiger partial charge on any atom is 0.272 e. The lowest BCUT2D eigenvalue weighted by atomic mass is 10.1. The first kappa shape index (κ1) is 20.7. The van der Waals surface area contributed by atoms with Crippen molar-refractivity contribution in [2.75, 3.05) is 51.2 Å². The largest absolute Gasteiger partial charge is 0.489 e. The molecule has 1 aromatic heterocycles. The average molecular weight is 409 g/mol. The summed E-state index contributed by atoms with van der Waals surface area (Å²) in [7, 11) is 2.16. The molecule has 0 spiro atoms. The van der Waals surface area contributed by atoms with Crippen LogP contribution >= 0.6 is 0 Å². The zero-order valence-corrected chi connectivity index (χ0v) is 18.1. The molecule has 1 atom stereocenters. The molecule has 0 unspecified atom stereocenters. The predicted octanol–water partition coefficient (Wildman–Crippen LogP) is 3.22. The minimum atomic E-state index is 0.00123. The minimum absolute atomic E-state index is 0.00123. The van der Waals surface area contributed by atoms with Crippen molar-refractivity contribution < 1.29 is 9.53 Å². The van der Waals surface area contributed by atoms with Crippen molar-refractivity contribution in [2.24, 2.45) is 0 Å². The number of anilines is 1. The molecule has 160 valence electrons. The van der Waals surface area contributed by atoms with Gasteiger partial charge in [0.2, 0.25) is 0 Å². The smallest absolute Gasteiger partial charge is 0.272 e. The number of likely N-dealkylation sites (tertiary alicyclic amines) is 1. The second kappa shape index (κ2) is 9.47. The molecular weight excluding hydrogens is 376 g/mol. The lowest BCUT2D eigenvalue weighted by Gasteiger charge is -2.33. The van der Waals surface area contributed by atoms with Crippen molar-refractivity contribution >= 4 is 11.7 Å². The van der Waals surface area contributed by atoms with Gasteiger partial charge in [-0.3, -0.25) is 4.79 Å². The van der Waals surface area contributed by atoms with Crippen LogP contribution in [0.15, 0.2) is 42.5 Å². The van der Waals surface area contributed by atoms with Crippen LogP contribution in [0.3, 0.4) is 0 Å². The number of nitrogens with zero attached hydrogens (tertiary/aromatic N) is 4. The number of ether oxygens (including phenoxy) is 1. The Bertz CT molecular complexity index is 872. The fourth-order valence-corrected chi connectivity index (χ4v) is 4.26. The van der Waals surface area contributed by atoms with Crippen molar-refractivity contribution in [2.45, 2.75) is 32.3 Å². The van der Waals surface area contributed by atoms with Crippen molar-refractivity contribution in [3.8, 4) is 5.75 Å². The van der Waals surface area contributed by atoms with Gasteiger partial charge >= 0.3 is 0 Å². The highest BCUT2D eigenvalue weighted by Gasteiger charge is 2.27. The van der Waals surface area contributed by atoms with Gasteiger partial charge in [-0.1, -0.05) is 18.2 Å². The Morgan fingerprint density at radius 2 is 1.90 bits per heavy atom. The molecule has 6 nitrogen and oxygen atoms in total. The highest BCUT2D eigenvalue weighted by Crippen LogP contribution is 2.21. The number of piperidine rings is 1. The van der Waals surface area contributed by atoms with Crippen LogP contribution in [0.1, 0.15) is 35.3 Å². The molecule has 2 aliphatic heterocycles. The van der Waals surface area contributed by atoms with Crippen LogP contribution in [0.2, 0.25) is 0 Å². The van der Waals surface area contributed by atoms with Gasteiger partial charge in [0.25, 0.3) is 5.91 Å². The van der Waals surface area contributed by atoms with Gasteiger partial charge < -0.3 is 19.4 Å². The SMILES string of the molecule is Cc1cccc(O[C@H]2CCCN(C(=O)c3cccc(N4CCCN(C)CC4)n3)C2)c1. The first-order valence-electron chi connectivity index (χ1n) is 11.0. The van der Waals surface area contributed by atoms with E-state index in [-0.39, 0.29) is 12.0 Å². The van der Waals surface area contributed by atoms with E-state index in [9.17, 15) is 4.79 Å². The van der Waals surface area contributed by atoms with Crippen LogP contribution in [0, 0.1) is 6.92 Å². The molecule has 1 amide bonds. The molecule has 1 aromatic carbocycles. The summed E-state index contributed by atoms with van der Waals surface area (Å²) in [5, 5.41) is 0. The number of pyridine rings is 1. The van der Waals surface area contributed by atoms with Gasteiger partial charge in [0, 0.05) is 26.2 Å². The molecule has 0 bridgehead atoms. The van der Waals surface area contributed by atoms with Crippen LogP contribution in [-0.4, -0.2) is 73.1 Å². The first-order valence-corrected chi connectivity index (χ1v) is 11.0. The summed E-state index contributed by atoms with van der Waals surface area (Å²) in [5.41, 5.74) is 1.71. The van der Waals surface area contributed by atoms with Crippen molar-refractivity contribution in [1.29, 1.82) is 0 Å². The molecular formula is C24H32N4O2. The number of amides is 1. The van der Waals surface area contributed by atoms with E-state index in [1.165, 1.54) is 5.56 Å². The monoisotopic (exact) mass is 408 g/mol. The van der Waals surface area contributed by atoms with E-state index >= 15 is 0 Å². The van der Waals surface area contributed by atoms with E-state index in [2.05, 4.69) is 29.8 Å². The fraction of sp³-hybridized carbons (Fsp3) is 0.500. The van der Waals surface area contributed by atoms with E-state index in [0.29, 0.717) is 12.2 Å². The van der Waals surface area contributed by atoms with E-state index < -0.39 is 0 Å². The second-order valence-corrected chi connectivity index (χ2v) is 8.47. The minimum Gasteiger partial charge on any atom is -0.489 e. The molecule has 0 radical (unpaired) electrons. The Balaban J connectivity index is 1.42. The Hall–Kier alpha value is -2.60. The Labute approximate surface area is 179 Å². The predicted molar refractivity (Wildman–Crippen MR) is 119 cm³/mol. The number of carbonyl (C=O) groups is 1. The maximum absolute atomic E-state index is 13.2. The van der Waals surface area contributed by atoms with Crippen LogP contribution in [0.25, 0.3) is 0 Å². The molecule has 2 aliphatic rings. The number of hydrogen-bond donors (Lipinski definition) is 0. The Morgan fingerprint density at radius 3 is 2.77 bits per heavy atom. The van der Waals surface area contributed by atoms with Crippen molar-refractivity contribution in [3.05, 3.63) is 53.7 Å². The molecule has 2 fully saturated rings. The van der Waals surface area contributed by atoms with Gasteiger partial charge in [-0.15, -0.1) is 0 Å². The van der Waals surface area contributed by atoms with Crippen molar-refractivity contribution in [1.82, 2.24) is 14.8 Å². The quantitative estimate of drug-likeness (QED) is 0.778. The van der Waals surface area contributed by atoms with Crippen LogP contribution in [-0.2, 0) is 0 Å². The van der Waals surface area contributed by atoms with Gasteiger partial charge in [-0.2, -0.15) is 0 Å². The third-order valence-corrected chi connectivity index (χ3v) is 5.95. The molecule has 30 heavy (non-hydrogen) atoms. The highest BCUT2D eigenvalue weighted by molar-refractivity contribution is 5.92. The lowest BCUT2D eigenvalue weighted by Crippen LogP contribution is -2.44. The van der Waals surface area contributed by atoms with E-state index in [0.717, 1.165) is 63.6 Å². The lowest BCUT2D eigenvalue weighted by molar-refractivity contribution is 0.0532. The molecule has 2 aromatic rings. The zero-order valence-electron chi connectivity index (χ0n) is 18.1. The number of hydrogen-bond acceptors (Lipinski definition) is 5. The number of aryl methyl sites for hydroxylation is 1. The number of benzene rings is 1. The van der Waals surface area contributed by atoms with Gasteiger partial charge in [0.15, 0.2) is 0 Å². The third kappa shape index (κ3) is 5.11. The maximum atomic E-state index is 13.2. The number of rotatable bonds is 4. The van der Waals surface area contributed by atoms with Gasteiger partial charge in [0.1, 0.15) is 23.4 Å². The standard InChI is InChI=1S/C24H32N4O2/c1-19-7-3-8-20(17-19)30-21-9-5-13-28(18-21)24(29)22-10-4-11-23(25-22)27-14-6-12-26(2)15-16-27/h3-4,7-8,10-11,17,21H,5-6,9,12-16,18H2,1-2H3/t21-/m0/s1. The first-order chi connectivity index (χ1) is 14.6. The summed E-state index contributed by atoms with van der Waals surface area (Å²) in [6, 6.07) is 13.9. The van der Waals surface area contributed by atoms with Gasteiger partial charge in [-0.05, 0) is 69.6 Å². The summed E-state index contributed by atoms with van der Waals surface area (Å²) in [6.07, 6.45) is 3.04. The third-order valence-electron chi connectivity index (χ3n) is 5.95. The molecule has 4 rings (SSSR count). The highest BCUT2D eigenvalue weighted by atomic mass is 16.5. The van der Waals surface area contributed by atoms with Crippen LogP contribution in [0.5, 0.6) is 5.75 Å². The number of likely N-dealkylation sites (N-methyl/N-ethyl adjacent to an activating group) is 1. The Morgan fingerprint density at radius 1 is 1.03 bits per heavy atom. The summed E-state index contributed by atoms with van der Waals surface area (Å²) < 4.78 is 6.17. The average Bonchev–Trinajstić information content (AvgIpc) is 2.98. The van der Waals surface area contributed by atoms with Crippen molar-refractivity contribution in [3.63, 3.8) is 0 Å². The van der Waals surface area contributed by atoms with E-state index in [1.54, 1.807) is 0 Å². The summed E-state index contributed by atoms with van der Waals surface area (Å²) in [5.74, 6) is 1.78. The fourth-order valence-electron chi connectivity index (χ4n) is 4.26. The molecule has 2 saturated heterocycles. The van der Waals surface area contributed by atoms with Gasteiger partial charge in [-0.25, -0.2) is 4.98 Å². The Kier molecular flexibility index (Phi) is 6.53. The zero-order chi connectivity index (χ0) is 20.9.